The van der Waals surface area contributed by atoms with Gasteiger partial charge in [-0.3, -0.25) is 4.79 Å². The van der Waals surface area contributed by atoms with Gasteiger partial charge in [-0.1, -0.05) is 35.9 Å². The van der Waals surface area contributed by atoms with E-state index in [1.165, 1.54) is 0 Å². The summed E-state index contributed by atoms with van der Waals surface area (Å²) in [5, 5.41) is 13.3. The maximum atomic E-state index is 11.9. The van der Waals surface area contributed by atoms with Crippen LogP contribution in [0.4, 0.5) is 5.69 Å². The van der Waals surface area contributed by atoms with Crippen LogP contribution in [0.5, 0.6) is 5.75 Å². The molecule has 1 aliphatic heterocycles. The average Bonchev–Trinajstić information content (AvgIpc) is 2.81. The number of carbonyl (C=O) groups excluding carboxylic acids is 1. The number of aliphatic hydroxyl groups excluding tert-OH is 1. The lowest BCUT2D eigenvalue weighted by Crippen LogP contribution is -2.13. The summed E-state index contributed by atoms with van der Waals surface area (Å²) in [6, 6.07) is 13.3. The fourth-order valence-electron chi connectivity index (χ4n) is 2.75. The second kappa shape index (κ2) is 5.81. The van der Waals surface area contributed by atoms with Crippen LogP contribution < -0.4 is 10.1 Å². The summed E-state index contributed by atoms with van der Waals surface area (Å²) < 4.78 is 5.61. The molecule has 0 bridgehead atoms. The van der Waals surface area contributed by atoms with E-state index in [0.29, 0.717) is 11.3 Å². The Balaban J connectivity index is 1.83. The number of aliphatic hydroxyl groups is 1. The number of aryl methyl sites for hydroxylation is 1. The van der Waals surface area contributed by atoms with Crippen molar-refractivity contribution in [3.63, 3.8) is 0 Å². The molecular weight excluding hydrogens is 278 g/mol. The Hall–Kier alpha value is -2.33. The van der Waals surface area contributed by atoms with E-state index in [4.69, 9.17) is 4.74 Å². The maximum Gasteiger partial charge on any atom is 0.231 e. The third-order valence-electron chi connectivity index (χ3n) is 3.96. The molecular formula is C18H19NO3. The number of anilines is 1. The first-order valence-corrected chi connectivity index (χ1v) is 7.37. The molecule has 114 valence electrons. The van der Waals surface area contributed by atoms with Crippen LogP contribution in [0, 0.1) is 6.92 Å². The van der Waals surface area contributed by atoms with Crippen molar-refractivity contribution in [1.82, 2.24) is 0 Å². The molecule has 0 spiro atoms. The van der Waals surface area contributed by atoms with Crippen molar-refractivity contribution >= 4 is 11.6 Å². The van der Waals surface area contributed by atoms with Crippen molar-refractivity contribution in [1.29, 1.82) is 0 Å². The number of fused-ring (bicyclic) bond motifs is 1. The zero-order chi connectivity index (χ0) is 15.7. The lowest BCUT2D eigenvalue weighted by Gasteiger charge is -2.17. The molecule has 3 rings (SSSR count). The van der Waals surface area contributed by atoms with E-state index < -0.39 is 6.10 Å². The predicted molar refractivity (Wildman–Crippen MR) is 85.1 cm³/mol. The van der Waals surface area contributed by atoms with Crippen molar-refractivity contribution < 1.29 is 14.6 Å². The molecule has 0 aromatic heterocycles. The average molecular weight is 297 g/mol. The van der Waals surface area contributed by atoms with Crippen LogP contribution >= 0.6 is 0 Å². The van der Waals surface area contributed by atoms with E-state index >= 15 is 0 Å². The van der Waals surface area contributed by atoms with Gasteiger partial charge >= 0.3 is 0 Å². The third kappa shape index (κ3) is 2.70. The Morgan fingerprint density at radius 3 is 2.73 bits per heavy atom. The van der Waals surface area contributed by atoms with Crippen molar-refractivity contribution in [2.24, 2.45) is 0 Å². The van der Waals surface area contributed by atoms with Gasteiger partial charge in [0.15, 0.2) is 0 Å². The summed E-state index contributed by atoms with van der Waals surface area (Å²) in [6.07, 6.45) is -0.792. The lowest BCUT2D eigenvalue weighted by molar-refractivity contribution is -0.116. The summed E-state index contributed by atoms with van der Waals surface area (Å²) in [6.45, 7) is 3.98. The molecule has 22 heavy (non-hydrogen) atoms. The Morgan fingerprint density at radius 2 is 2.00 bits per heavy atom. The van der Waals surface area contributed by atoms with Gasteiger partial charge in [0, 0.05) is 5.56 Å². The number of benzene rings is 2. The third-order valence-corrected chi connectivity index (χ3v) is 3.96. The van der Waals surface area contributed by atoms with Gasteiger partial charge in [-0.05, 0) is 31.5 Å². The van der Waals surface area contributed by atoms with E-state index in [1.807, 2.05) is 56.3 Å². The fourth-order valence-corrected chi connectivity index (χ4v) is 2.75. The molecule has 0 fully saturated rings. The highest BCUT2D eigenvalue weighted by atomic mass is 16.5. The Morgan fingerprint density at radius 1 is 1.27 bits per heavy atom. The molecule has 1 aliphatic rings. The fraction of sp³-hybridized carbons (Fsp3) is 0.278. The molecule has 2 unspecified atom stereocenters. The largest absolute Gasteiger partial charge is 0.491 e. The van der Waals surface area contributed by atoms with Gasteiger partial charge < -0.3 is 15.2 Å². The number of ether oxygens (including phenoxy) is 1. The Labute approximate surface area is 129 Å². The summed E-state index contributed by atoms with van der Waals surface area (Å²) in [7, 11) is 0. The topological polar surface area (TPSA) is 58.6 Å². The first-order chi connectivity index (χ1) is 10.6. The van der Waals surface area contributed by atoms with Crippen molar-refractivity contribution in [3.8, 4) is 5.75 Å². The van der Waals surface area contributed by atoms with Crippen LogP contribution in [0.2, 0.25) is 0 Å². The van der Waals surface area contributed by atoms with Gasteiger partial charge in [0.2, 0.25) is 5.91 Å². The van der Waals surface area contributed by atoms with Crippen LogP contribution in [-0.4, -0.2) is 17.6 Å². The van der Waals surface area contributed by atoms with Crippen molar-refractivity contribution in [2.45, 2.75) is 25.9 Å². The smallest absolute Gasteiger partial charge is 0.231 e. The second-order valence-electron chi connectivity index (χ2n) is 5.67. The van der Waals surface area contributed by atoms with Gasteiger partial charge in [0.1, 0.15) is 18.5 Å². The minimum atomic E-state index is -0.792. The van der Waals surface area contributed by atoms with Crippen LogP contribution in [0.1, 0.15) is 35.6 Å². The number of para-hydroxylation sites is 1. The number of carbonyl (C=O) groups is 1. The summed E-state index contributed by atoms with van der Waals surface area (Å²) in [4.78, 5) is 11.9. The molecule has 2 N–H and O–H groups in total. The van der Waals surface area contributed by atoms with Gasteiger partial charge in [0.05, 0.1) is 11.6 Å². The number of amides is 1. The Kier molecular flexibility index (Phi) is 3.86. The SMILES string of the molecule is Cc1cc(C(O)COc2ccccc2)c2c(c1)C(C)C(=O)N2. The Bertz CT molecular complexity index is 697. The van der Waals surface area contributed by atoms with E-state index in [9.17, 15) is 9.90 Å². The quantitative estimate of drug-likeness (QED) is 0.911. The number of rotatable bonds is 4. The second-order valence-corrected chi connectivity index (χ2v) is 5.67. The molecule has 0 radical (unpaired) electrons. The van der Waals surface area contributed by atoms with E-state index in [-0.39, 0.29) is 18.4 Å². The molecule has 1 amide bonds. The zero-order valence-corrected chi connectivity index (χ0v) is 12.7. The summed E-state index contributed by atoms with van der Waals surface area (Å²) in [5.41, 5.74) is 3.41. The van der Waals surface area contributed by atoms with Gasteiger partial charge in [-0.15, -0.1) is 0 Å². The highest BCUT2D eigenvalue weighted by molar-refractivity contribution is 6.03. The molecule has 0 aliphatic carbocycles. The zero-order valence-electron chi connectivity index (χ0n) is 12.7. The highest BCUT2D eigenvalue weighted by Crippen LogP contribution is 2.38. The van der Waals surface area contributed by atoms with Gasteiger partial charge in [-0.25, -0.2) is 0 Å². The van der Waals surface area contributed by atoms with Gasteiger partial charge in [-0.2, -0.15) is 0 Å². The lowest BCUT2D eigenvalue weighted by atomic mass is 9.95. The van der Waals surface area contributed by atoms with Crippen LogP contribution in [0.25, 0.3) is 0 Å². The van der Waals surface area contributed by atoms with E-state index in [1.54, 1.807) is 0 Å². The normalized spacial score (nSPS) is 17.8. The molecule has 2 aromatic rings. The van der Waals surface area contributed by atoms with Crippen LogP contribution in [0.3, 0.4) is 0 Å². The predicted octanol–water partition coefficient (Wildman–Crippen LogP) is 3.16. The standard InChI is InChI=1S/C18H19NO3/c1-11-8-14-12(2)18(21)19-17(14)15(9-11)16(20)10-22-13-6-4-3-5-7-13/h3-9,12,16,20H,10H2,1-2H3,(H,19,21). The summed E-state index contributed by atoms with van der Waals surface area (Å²) >= 11 is 0. The van der Waals surface area contributed by atoms with E-state index in [0.717, 1.165) is 16.8 Å². The number of hydrogen-bond donors (Lipinski definition) is 2. The maximum absolute atomic E-state index is 11.9. The van der Waals surface area contributed by atoms with Crippen molar-refractivity contribution in [3.05, 3.63) is 59.2 Å². The molecule has 2 atom stereocenters. The molecule has 4 nitrogen and oxygen atoms in total. The number of hydrogen-bond acceptors (Lipinski definition) is 3. The highest BCUT2D eigenvalue weighted by Gasteiger charge is 2.30. The first-order valence-electron chi connectivity index (χ1n) is 7.37. The van der Waals surface area contributed by atoms with E-state index in [2.05, 4.69) is 5.32 Å². The minimum absolute atomic E-state index is 0.0296. The molecule has 0 saturated carbocycles. The first kappa shape index (κ1) is 14.6. The molecule has 1 heterocycles. The summed E-state index contributed by atoms with van der Waals surface area (Å²) in [5.74, 6) is 0.497. The molecule has 2 aromatic carbocycles. The molecule has 0 saturated heterocycles. The van der Waals surface area contributed by atoms with Crippen LogP contribution in [0.15, 0.2) is 42.5 Å². The monoisotopic (exact) mass is 297 g/mol. The van der Waals surface area contributed by atoms with Gasteiger partial charge in [0.25, 0.3) is 0 Å². The number of nitrogens with one attached hydrogen (secondary N) is 1. The minimum Gasteiger partial charge on any atom is -0.491 e. The molecule has 4 heteroatoms. The van der Waals surface area contributed by atoms with Crippen LogP contribution in [-0.2, 0) is 4.79 Å². The van der Waals surface area contributed by atoms with Crippen molar-refractivity contribution in [2.75, 3.05) is 11.9 Å².